The van der Waals surface area contributed by atoms with Crippen LogP contribution in [-0.4, -0.2) is 34.8 Å². The number of pyridine rings is 1. The first kappa shape index (κ1) is 15.3. The van der Waals surface area contributed by atoms with Gasteiger partial charge >= 0.3 is 0 Å². The molecule has 120 valence electrons. The summed E-state index contributed by atoms with van der Waals surface area (Å²) in [4.78, 5) is 30.2. The van der Waals surface area contributed by atoms with Crippen molar-refractivity contribution < 1.29 is 14.0 Å². The van der Waals surface area contributed by atoms with Gasteiger partial charge in [0.05, 0.1) is 23.4 Å². The summed E-state index contributed by atoms with van der Waals surface area (Å²) >= 11 is 0. The maximum absolute atomic E-state index is 12.7. The lowest BCUT2D eigenvalue weighted by atomic mass is 9.96. The summed E-state index contributed by atoms with van der Waals surface area (Å²) in [5.41, 5.74) is 7.26. The normalized spacial score (nSPS) is 18.0. The van der Waals surface area contributed by atoms with Crippen LogP contribution in [0.25, 0.3) is 11.5 Å². The number of hydrogen-bond acceptors (Lipinski definition) is 4. The van der Waals surface area contributed by atoms with Gasteiger partial charge in [-0.3, -0.25) is 9.59 Å². The predicted octanol–water partition coefficient (Wildman–Crippen LogP) is 1.99. The van der Waals surface area contributed by atoms with E-state index in [1.165, 1.54) is 0 Å². The van der Waals surface area contributed by atoms with Gasteiger partial charge in [0.1, 0.15) is 5.69 Å². The molecule has 0 spiro atoms. The molecule has 2 N–H and O–H groups in total. The molecule has 2 amide bonds. The molecule has 0 bridgehead atoms. The minimum atomic E-state index is -0.342. The Labute approximate surface area is 134 Å². The van der Waals surface area contributed by atoms with E-state index in [1.807, 2.05) is 6.07 Å². The molecule has 1 atom stereocenters. The van der Waals surface area contributed by atoms with Gasteiger partial charge in [-0.05, 0) is 44.0 Å². The van der Waals surface area contributed by atoms with E-state index in [0.29, 0.717) is 35.8 Å². The number of carbonyl (C=O) groups excluding carboxylic acids is 2. The van der Waals surface area contributed by atoms with Crippen LogP contribution in [0.15, 0.2) is 34.9 Å². The second-order valence-corrected chi connectivity index (χ2v) is 5.80. The fourth-order valence-electron chi connectivity index (χ4n) is 2.91. The van der Waals surface area contributed by atoms with E-state index >= 15 is 0 Å². The number of aryl methyl sites for hydroxylation is 1. The average molecular weight is 313 g/mol. The van der Waals surface area contributed by atoms with Crippen LogP contribution < -0.4 is 5.73 Å². The molecule has 0 aromatic carbocycles. The fraction of sp³-hybridized carbons (Fsp3) is 0.353. The standard InChI is InChI=1S/C17H19N3O3/c1-11-13(6-7-14(19-11)15-5-3-9-23-15)17(22)20-8-2-4-12(10-20)16(18)21/h3,5-7,9,12H,2,4,8,10H2,1H3,(H2,18,21). The van der Waals surface area contributed by atoms with E-state index in [1.54, 1.807) is 36.3 Å². The van der Waals surface area contributed by atoms with Crippen LogP contribution in [0.2, 0.25) is 0 Å². The van der Waals surface area contributed by atoms with Crippen molar-refractivity contribution in [2.45, 2.75) is 19.8 Å². The lowest BCUT2D eigenvalue weighted by Gasteiger charge is -2.31. The molecule has 2 aromatic heterocycles. The van der Waals surface area contributed by atoms with Crippen molar-refractivity contribution in [1.82, 2.24) is 9.88 Å². The molecule has 2 aromatic rings. The first-order chi connectivity index (χ1) is 11.1. The third kappa shape index (κ3) is 3.11. The zero-order chi connectivity index (χ0) is 16.4. The number of amides is 2. The topological polar surface area (TPSA) is 89.4 Å². The molecule has 1 fully saturated rings. The van der Waals surface area contributed by atoms with Crippen LogP contribution in [0.1, 0.15) is 28.9 Å². The van der Waals surface area contributed by atoms with Crippen molar-refractivity contribution in [3.8, 4) is 11.5 Å². The molecule has 0 aliphatic carbocycles. The average Bonchev–Trinajstić information content (AvgIpc) is 3.08. The number of likely N-dealkylation sites (tertiary alicyclic amines) is 1. The van der Waals surface area contributed by atoms with Gasteiger partial charge in [0.25, 0.3) is 5.91 Å². The van der Waals surface area contributed by atoms with Crippen LogP contribution in [0.5, 0.6) is 0 Å². The Kier molecular flexibility index (Phi) is 4.14. The van der Waals surface area contributed by atoms with Gasteiger partial charge in [0.2, 0.25) is 5.91 Å². The van der Waals surface area contributed by atoms with Gasteiger partial charge in [0, 0.05) is 13.1 Å². The summed E-state index contributed by atoms with van der Waals surface area (Å²) in [7, 11) is 0. The second-order valence-electron chi connectivity index (χ2n) is 5.80. The molecular weight excluding hydrogens is 294 g/mol. The van der Waals surface area contributed by atoms with Crippen molar-refractivity contribution in [1.29, 1.82) is 0 Å². The van der Waals surface area contributed by atoms with Crippen molar-refractivity contribution in [3.05, 3.63) is 41.8 Å². The Bertz CT molecular complexity index is 725. The maximum Gasteiger partial charge on any atom is 0.255 e. The van der Waals surface area contributed by atoms with Crippen molar-refractivity contribution in [2.75, 3.05) is 13.1 Å². The molecule has 0 radical (unpaired) electrons. The zero-order valence-electron chi connectivity index (χ0n) is 13.0. The second kappa shape index (κ2) is 6.24. The maximum atomic E-state index is 12.7. The van der Waals surface area contributed by atoms with Crippen molar-refractivity contribution >= 4 is 11.8 Å². The fourth-order valence-corrected chi connectivity index (χ4v) is 2.91. The molecule has 1 aliphatic heterocycles. The number of aromatic nitrogens is 1. The molecule has 1 saturated heterocycles. The number of nitrogens with two attached hydrogens (primary N) is 1. The molecule has 6 heteroatoms. The van der Waals surface area contributed by atoms with Crippen LogP contribution in [0.4, 0.5) is 0 Å². The van der Waals surface area contributed by atoms with E-state index < -0.39 is 0 Å². The summed E-state index contributed by atoms with van der Waals surface area (Å²) in [5.74, 6) is -0.0420. The number of nitrogens with zero attached hydrogens (tertiary/aromatic N) is 2. The highest BCUT2D eigenvalue weighted by atomic mass is 16.3. The molecule has 3 heterocycles. The zero-order valence-corrected chi connectivity index (χ0v) is 13.0. The SMILES string of the molecule is Cc1nc(-c2ccco2)ccc1C(=O)N1CCCC(C(N)=O)C1. The monoisotopic (exact) mass is 313 g/mol. The summed E-state index contributed by atoms with van der Waals surface area (Å²) in [5, 5.41) is 0. The van der Waals surface area contributed by atoms with E-state index in [0.717, 1.165) is 12.8 Å². The van der Waals surface area contributed by atoms with Gasteiger partial charge in [-0.1, -0.05) is 0 Å². The number of rotatable bonds is 3. The Morgan fingerprint density at radius 1 is 1.35 bits per heavy atom. The third-order valence-electron chi connectivity index (χ3n) is 4.20. The highest BCUT2D eigenvalue weighted by molar-refractivity contribution is 5.96. The van der Waals surface area contributed by atoms with E-state index in [9.17, 15) is 9.59 Å². The van der Waals surface area contributed by atoms with Gasteiger partial charge in [-0.25, -0.2) is 4.98 Å². The van der Waals surface area contributed by atoms with Gasteiger partial charge in [-0.2, -0.15) is 0 Å². The third-order valence-corrected chi connectivity index (χ3v) is 4.20. The lowest BCUT2D eigenvalue weighted by molar-refractivity contribution is -0.123. The summed E-state index contributed by atoms with van der Waals surface area (Å²) in [6.45, 7) is 2.82. The number of hydrogen-bond donors (Lipinski definition) is 1. The molecule has 6 nitrogen and oxygen atoms in total. The highest BCUT2D eigenvalue weighted by Gasteiger charge is 2.28. The minimum absolute atomic E-state index is 0.105. The first-order valence-corrected chi connectivity index (χ1v) is 7.66. The largest absolute Gasteiger partial charge is 0.463 e. The lowest BCUT2D eigenvalue weighted by Crippen LogP contribution is -2.44. The van der Waals surface area contributed by atoms with Crippen LogP contribution in [0, 0.1) is 12.8 Å². The Balaban J connectivity index is 1.81. The quantitative estimate of drug-likeness (QED) is 0.938. The molecule has 23 heavy (non-hydrogen) atoms. The van der Waals surface area contributed by atoms with Crippen LogP contribution in [0.3, 0.4) is 0 Å². The molecule has 1 aliphatic rings. The number of piperidine rings is 1. The predicted molar refractivity (Wildman–Crippen MR) is 84.5 cm³/mol. The molecule has 3 rings (SSSR count). The van der Waals surface area contributed by atoms with Gasteiger partial charge in [-0.15, -0.1) is 0 Å². The number of carbonyl (C=O) groups is 2. The summed E-state index contributed by atoms with van der Waals surface area (Å²) in [6, 6.07) is 7.15. The number of primary amides is 1. The summed E-state index contributed by atoms with van der Waals surface area (Å²) < 4.78 is 5.32. The Hall–Kier alpha value is -2.63. The van der Waals surface area contributed by atoms with E-state index in [2.05, 4.69) is 4.98 Å². The Morgan fingerprint density at radius 3 is 2.83 bits per heavy atom. The van der Waals surface area contributed by atoms with Gasteiger partial charge < -0.3 is 15.1 Å². The van der Waals surface area contributed by atoms with Crippen molar-refractivity contribution in [3.63, 3.8) is 0 Å². The summed E-state index contributed by atoms with van der Waals surface area (Å²) in [6.07, 6.45) is 3.12. The first-order valence-electron chi connectivity index (χ1n) is 7.66. The molecule has 0 saturated carbocycles. The molecular formula is C17H19N3O3. The Morgan fingerprint density at radius 2 is 2.17 bits per heavy atom. The van der Waals surface area contributed by atoms with E-state index in [4.69, 9.17) is 10.2 Å². The smallest absolute Gasteiger partial charge is 0.255 e. The highest BCUT2D eigenvalue weighted by Crippen LogP contribution is 2.22. The van der Waals surface area contributed by atoms with Crippen molar-refractivity contribution in [2.24, 2.45) is 11.7 Å². The van der Waals surface area contributed by atoms with E-state index in [-0.39, 0.29) is 17.7 Å². The van der Waals surface area contributed by atoms with Crippen LogP contribution >= 0.6 is 0 Å². The minimum Gasteiger partial charge on any atom is -0.463 e. The van der Waals surface area contributed by atoms with Gasteiger partial charge in [0.15, 0.2) is 5.76 Å². The number of furan rings is 1. The van der Waals surface area contributed by atoms with Crippen LogP contribution in [-0.2, 0) is 4.79 Å². The molecule has 1 unspecified atom stereocenters.